The van der Waals surface area contributed by atoms with Crippen molar-refractivity contribution >= 4 is 5.91 Å². The summed E-state index contributed by atoms with van der Waals surface area (Å²) in [6.45, 7) is 0.198. The zero-order valence-electron chi connectivity index (χ0n) is 15.5. The minimum absolute atomic E-state index is 0.198. The summed E-state index contributed by atoms with van der Waals surface area (Å²) in [4.78, 5) is 12.3. The van der Waals surface area contributed by atoms with Crippen LogP contribution in [0.15, 0.2) is 65.2 Å². The zero-order chi connectivity index (χ0) is 20.2. The first-order valence-corrected chi connectivity index (χ1v) is 8.82. The quantitative estimate of drug-likeness (QED) is 0.521. The number of carbonyl (C=O) groups excluding carboxylic acids is 1. The van der Waals surface area contributed by atoms with Gasteiger partial charge in [-0.25, -0.2) is 4.39 Å². The largest absolute Gasteiger partial charge is 0.497 e. The van der Waals surface area contributed by atoms with Crippen LogP contribution in [0.2, 0.25) is 0 Å². The fourth-order valence-corrected chi connectivity index (χ4v) is 2.76. The molecular weight excluding hydrogens is 375 g/mol. The van der Waals surface area contributed by atoms with Gasteiger partial charge in [0.05, 0.1) is 19.3 Å². The Morgan fingerprint density at radius 3 is 2.55 bits per heavy atom. The van der Waals surface area contributed by atoms with Crippen LogP contribution in [0.1, 0.15) is 16.2 Å². The van der Waals surface area contributed by atoms with Gasteiger partial charge >= 0.3 is 0 Å². The summed E-state index contributed by atoms with van der Waals surface area (Å²) in [6.07, 6.45) is 0. The number of aromatic amines is 1. The predicted octanol–water partition coefficient (Wildman–Crippen LogP) is 3.81. The molecule has 0 fully saturated rings. The summed E-state index contributed by atoms with van der Waals surface area (Å²) >= 11 is 0. The number of H-pyrrole nitrogens is 1. The van der Waals surface area contributed by atoms with Crippen LogP contribution < -0.4 is 10.1 Å². The Balaban J connectivity index is 1.38. The summed E-state index contributed by atoms with van der Waals surface area (Å²) in [5.41, 5.74) is 3.00. The van der Waals surface area contributed by atoms with Gasteiger partial charge in [-0.15, -0.1) is 0 Å². The molecule has 0 saturated heterocycles. The highest BCUT2D eigenvalue weighted by molar-refractivity contribution is 5.93. The van der Waals surface area contributed by atoms with Gasteiger partial charge in [-0.05, 0) is 54.6 Å². The molecule has 146 valence electrons. The zero-order valence-corrected chi connectivity index (χ0v) is 15.5. The maximum Gasteiger partial charge on any atom is 0.269 e. The van der Waals surface area contributed by atoms with Gasteiger partial charge in [-0.2, -0.15) is 5.10 Å². The first kappa shape index (κ1) is 18.4. The molecule has 0 saturated carbocycles. The van der Waals surface area contributed by atoms with Gasteiger partial charge in [0.25, 0.3) is 5.91 Å². The minimum Gasteiger partial charge on any atom is -0.497 e. The van der Waals surface area contributed by atoms with Crippen LogP contribution in [-0.4, -0.2) is 28.4 Å². The van der Waals surface area contributed by atoms with E-state index >= 15 is 0 Å². The first-order chi connectivity index (χ1) is 14.1. The van der Waals surface area contributed by atoms with E-state index in [9.17, 15) is 9.18 Å². The molecule has 1 amide bonds. The molecule has 7 nitrogen and oxygen atoms in total. The third-order valence-corrected chi connectivity index (χ3v) is 4.33. The second-order valence-electron chi connectivity index (χ2n) is 6.27. The van der Waals surface area contributed by atoms with E-state index in [4.69, 9.17) is 9.26 Å². The molecule has 0 aliphatic carbocycles. The van der Waals surface area contributed by atoms with E-state index in [2.05, 4.69) is 20.7 Å². The van der Waals surface area contributed by atoms with Crippen LogP contribution in [0.5, 0.6) is 5.75 Å². The number of rotatable bonds is 6. The van der Waals surface area contributed by atoms with Crippen LogP contribution in [0.25, 0.3) is 22.6 Å². The average Bonchev–Trinajstić information content (AvgIpc) is 3.43. The number of ether oxygens (including phenoxy) is 1. The highest BCUT2D eigenvalue weighted by Gasteiger charge is 2.13. The maximum absolute atomic E-state index is 13.0. The number of amides is 1. The number of aromatic nitrogens is 3. The number of nitrogens with one attached hydrogen (secondary N) is 2. The Morgan fingerprint density at radius 1 is 1.10 bits per heavy atom. The summed E-state index contributed by atoms with van der Waals surface area (Å²) in [6, 6.07) is 16.6. The molecule has 0 aliphatic heterocycles. The molecule has 0 unspecified atom stereocenters. The van der Waals surface area contributed by atoms with Gasteiger partial charge in [0.2, 0.25) is 0 Å². The summed E-state index contributed by atoms with van der Waals surface area (Å²) < 4.78 is 23.5. The summed E-state index contributed by atoms with van der Waals surface area (Å²) in [5.74, 6) is 0.682. The molecule has 8 heteroatoms. The number of halogens is 1. The van der Waals surface area contributed by atoms with Crippen molar-refractivity contribution in [1.82, 2.24) is 20.7 Å². The third kappa shape index (κ3) is 4.16. The lowest BCUT2D eigenvalue weighted by Crippen LogP contribution is -2.23. The number of methoxy groups -OCH3 is 1. The van der Waals surface area contributed by atoms with Crippen molar-refractivity contribution in [2.75, 3.05) is 7.11 Å². The monoisotopic (exact) mass is 392 g/mol. The van der Waals surface area contributed by atoms with Crippen LogP contribution in [0.4, 0.5) is 4.39 Å². The van der Waals surface area contributed by atoms with Gasteiger partial charge in [0.1, 0.15) is 23.0 Å². The number of carbonyl (C=O) groups is 1. The van der Waals surface area contributed by atoms with Crippen molar-refractivity contribution in [2.24, 2.45) is 0 Å². The highest BCUT2D eigenvalue weighted by Crippen LogP contribution is 2.23. The summed E-state index contributed by atoms with van der Waals surface area (Å²) in [7, 11) is 1.60. The fraction of sp³-hybridized carbons (Fsp3) is 0.0952. The molecule has 0 bridgehead atoms. The minimum atomic E-state index is -0.333. The molecule has 0 radical (unpaired) electrons. The van der Waals surface area contributed by atoms with Crippen LogP contribution >= 0.6 is 0 Å². The van der Waals surface area contributed by atoms with E-state index in [1.807, 2.05) is 24.3 Å². The topological polar surface area (TPSA) is 93.0 Å². The van der Waals surface area contributed by atoms with Crippen molar-refractivity contribution in [3.05, 3.63) is 77.9 Å². The van der Waals surface area contributed by atoms with Crippen LogP contribution in [0.3, 0.4) is 0 Å². The maximum atomic E-state index is 13.0. The highest BCUT2D eigenvalue weighted by atomic mass is 19.1. The second kappa shape index (κ2) is 7.97. The number of hydrogen-bond acceptors (Lipinski definition) is 5. The lowest BCUT2D eigenvalue weighted by molar-refractivity contribution is 0.0945. The smallest absolute Gasteiger partial charge is 0.269 e. The van der Waals surface area contributed by atoms with Crippen molar-refractivity contribution in [3.8, 4) is 28.3 Å². The molecule has 4 aromatic rings. The van der Waals surface area contributed by atoms with Crippen LogP contribution in [0, 0.1) is 5.82 Å². The van der Waals surface area contributed by atoms with E-state index in [0.717, 1.165) is 11.3 Å². The number of hydrogen-bond donors (Lipinski definition) is 2. The molecule has 2 heterocycles. The van der Waals surface area contributed by atoms with Gasteiger partial charge in [0, 0.05) is 17.2 Å². The van der Waals surface area contributed by atoms with E-state index in [0.29, 0.717) is 28.4 Å². The Morgan fingerprint density at radius 2 is 1.83 bits per heavy atom. The van der Waals surface area contributed by atoms with Crippen molar-refractivity contribution < 1.29 is 18.4 Å². The van der Waals surface area contributed by atoms with Gasteiger partial charge in [-0.1, -0.05) is 5.16 Å². The van der Waals surface area contributed by atoms with E-state index < -0.39 is 0 Å². The first-order valence-electron chi connectivity index (χ1n) is 8.82. The van der Waals surface area contributed by atoms with Gasteiger partial charge in [-0.3, -0.25) is 9.89 Å². The molecule has 0 atom stereocenters. The number of nitrogens with zero attached hydrogens (tertiary/aromatic N) is 2. The van der Waals surface area contributed by atoms with Crippen molar-refractivity contribution in [1.29, 1.82) is 0 Å². The van der Waals surface area contributed by atoms with Gasteiger partial charge in [0.15, 0.2) is 5.76 Å². The predicted molar refractivity (Wildman–Crippen MR) is 104 cm³/mol. The lowest BCUT2D eigenvalue weighted by atomic mass is 10.1. The summed E-state index contributed by atoms with van der Waals surface area (Å²) in [5, 5.41) is 13.5. The van der Waals surface area contributed by atoms with Gasteiger partial charge < -0.3 is 14.6 Å². The Labute approximate surface area is 165 Å². The molecule has 2 aromatic heterocycles. The Kier molecular flexibility index (Phi) is 5.07. The molecule has 4 rings (SSSR count). The SMILES string of the molecule is COc1ccc(-c2cc(CNC(=O)c3cc(-c4ccc(F)cc4)n[nH]3)no2)cc1. The molecule has 2 aromatic carbocycles. The lowest BCUT2D eigenvalue weighted by Gasteiger charge is -2.00. The van der Waals surface area contributed by atoms with Crippen molar-refractivity contribution in [3.63, 3.8) is 0 Å². The normalized spacial score (nSPS) is 10.7. The molecule has 0 spiro atoms. The van der Waals surface area contributed by atoms with E-state index in [1.54, 1.807) is 31.4 Å². The van der Waals surface area contributed by atoms with E-state index in [-0.39, 0.29) is 18.3 Å². The Bertz CT molecular complexity index is 1120. The second-order valence-corrected chi connectivity index (χ2v) is 6.27. The van der Waals surface area contributed by atoms with Crippen LogP contribution in [-0.2, 0) is 6.54 Å². The standard InChI is InChI=1S/C21H17FN4O3/c1-28-17-8-4-14(5-9-17)20-10-16(26-29-20)12-23-21(27)19-11-18(24-25-19)13-2-6-15(22)7-3-13/h2-11H,12H2,1H3,(H,23,27)(H,24,25). The van der Waals surface area contributed by atoms with Crippen molar-refractivity contribution in [2.45, 2.75) is 6.54 Å². The third-order valence-electron chi connectivity index (χ3n) is 4.33. The molecule has 29 heavy (non-hydrogen) atoms. The average molecular weight is 392 g/mol. The Hall–Kier alpha value is -3.94. The molecule has 0 aliphatic rings. The molecular formula is C21H17FN4O3. The molecule has 2 N–H and O–H groups in total. The van der Waals surface area contributed by atoms with E-state index in [1.165, 1.54) is 12.1 Å². The number of benzene rings is 2. The fourth-order valence-electron chi connectivity index (χ4n) is 2.76.